The summed E-state index contributed by atoms with van der Waals surface area (Å²) in [4.78, 5) is 34.2. The molecule has 2 amide bonds. The van der Waals surface area contributed by atoms with Crippen LogP contribution in [0.2, 0.25) is 0 Å². The first-order valence-corrected chi connectivity index (χ1v) is 6.89. The molecule has 1 unspecified atom stereocenters. The second-order valence-electron chi connectivity index (χ2n) is 6.19. The fraction of sp³-hybridized carbons (Fsp3) is 0.467. The molecule has 0 aliphatic heterocycles. The van der Waals surface area contributed by atoms with Crippen molar-refractivity contribution in [2.75, 3.05) is 5.32 Å². The molecule has 1 rings (SSSR count). The van der Waals surface area contributed by atoms with E-state index >= 15 is 0 Å². The molecule has 22 heavy (non-hydrogen) atoms. The van der Waals surface area contributed by atoms with Crippen LogP contribution in [0.15, 0.2) is 18.2 Å². The molecule has 7 nitrogen and oxygen atoms in total. The van der Waals surface area contributed by atoms with Crippen molar-refractivity contribution < 1.29 is 14.5 Å². The average molecular weight is 307 g/mol. The van der Waals surface area contributed by atoms with Crippen LogP contribution in [-0.2, 0) is 9.59 Å². The van der Waals surface area contributed by atoms with Crippen LogP contribution in [0.3, 0.4) is 0 Å². The van der Waals surface area contributed by atoms with Gasteiger partial charge in [-0.1, -0.05) is 26.8 Å². The van der Waals surface area contributed by atoms with Crippen LogP contribution in [0.4, 0.5) is 11.4 Å². The summed E-state index contributed by atoms with van der Waals surface area (Å²) in [5.74, 6) is -0.674. The zero-order valence-electron chi connectivity index (χ0n) is 13.4. The standard InChI is InChI=1S/C15H21N3O4/c1-9-6-7-11(18(21)22)8-12(9)17-13(19)10(2)16-14(20)15(3,4)5/h6-8,10H,1-5H3,(H,16,20)(H,17,19). The normalized spacial score (nSPS) is 12.4. The lowest BCUT2D eigenvalue weighted by molar-refractivity contribution is -0.384. The number of carbonyl (C=O) groups excluding carboxylic acids is 2. The van der Waals surface area contributed by atoms with E-state index in [9.17, 15) is 19.7 Å². The first-order valence-electron chi connectivity index (χ1n) is 6.89. The van der Waals surface area contributed by atoms with Crippen LogP contribution < -0.4 is 10.6 Å². The largest absolute Gasteiger partial charge is 0.344 e. The first kappa shape index (κ1) is 17.6. The number of amides is 2. The minimum absolute atomic E-state index is 0.104. The molecule has 0 spiro atoms. The van der Waals surface area contributed by atoms with E-state index in [0.29, 0.717) is 11.3 Å². The van der Waals surface area contributed by atoms with Crippen LogP contribution in [0, 0.1) is 22.5 Å². The topological polar surface area (TPSA) is 101 Å². The van der Waals surface area contributed by atoms with Crippen LogP contribution >= 0.6 is 0 Å². The SMILES string of the molecule is Cc1ccc([N+](=O)[O-])cc1NC(=O)C(C)NC(=O)C(C)(C)C. The Morgan fingerprint density at radius 2 is 1.86 bits per heavy atom. The van der Waals surface area contributed by atoms with Crippen LogP contribution in [0.1, 0.15) is 33.3 Å². The van der Waals surface area contributed by atoms with E-state index in [-0.39, 0.29) is 11.6 Å². The van der Waals surface area contributed by atoms with Gasteiger partial charge in [0.1, 0.15) is 6.04 Å². The Bertz CT molecular complexity index is 605. The van der Waals surface area contributed by atoms with E-state index < -0.39 is 22.3 Å². The number of anilines is 1. The molecule has 0 bridgehead atoms. The fourth-order valence-corrected chi connectivity index (χ4v) is 1.58. The third-order valence-corrected chi connectivity index (χ3v) is 3.11. The molecule has 0 radical (unpaired) electrons. The molecule has 1 atom stereocenters. The molecule has 120 valence electrons. The third-order valence-electron chi connectivity index (χ3n) is 3.11. The van der Waals surface area contributed by atoms with Crippen molar-refractivity contribution in [2.24, 2.45) is 5.41 Å². The Morgan fingerprint density at radius 1 is 1.27 bits per heavy atom. The lowest BCUT2D eigenvalue weighted by Gasteiger charge is -2.21. The molecule has 0 saturated carbocycles. The number of benzene rings is 1. The summed E-state index contributed by atoms with van der Waals surface area (Å²) in [5, 5.41) is 16.0. The van der Waals surface area contributed by atoms with E-state index in [1.54, 1.807) is 40.7 Å². The van der Waals surface area contributed by atoms with Gasteiger partial charge in [-0.25, -0.2) is 0 Å². The number of carbonyl (C=O) groups is 2. The maximum Gasteiger partial charge on any atom is 0.271 e. The third kappa shape index (κ3) is 4.54. The van der Waals surface area contributed by atoms with Crippen molar-refractivity contribution in [2.45, 2.75) is 40.7 Å². The van der Waals surface area contributed by atoms with Gasteiger partial charge in [0, 0.05) is 17.5 Å². The van der Waals surface area contributed by atoms with Crippen molar-refractivity contribution in [1.82, 2.24) is 5.32 Å². The lowest BCUT2D eigenvalue weighted by Crippen LogP contribution is -2.46. The molecule has 1 aromatic carbocycles. The Balaban J connectivity index is 2.82. The van der Waals surface area contributed by atoms with E-state index in [0.717, 1.165) is 0 Å². The number of aryl methyl sites for hydroxylation is 1. The summed E-state index contributed by atoms with van der Waals surface area (Å²) in [6.45, 7) is 8.54. The highest BCUT2D eigenvalue weighted by atomic mass is 16.6. The van der Waals surface area contributed by atoms with Crippen LogP contribution in [0.5, 0.6) is 0 Å². The summed E-state index contributed by atoms with van der Waals surface area (Å²) in [6, 6.07) is 3.48. The van der Waals surface area contributed by atoms with Gasteiger partial charge >= 0.3 is 0 Å². The Labute approximate surface area is 129 Å². The van der Waals surface area contributed by atoms with Gasteiger partial charge in [-0.3, -0.25) is 19.7 Å². The molecule has 2 N–H and O–H groups in total. The van der Waals surface area contributed by atoms with Crippen LogP contribution in [-0.4, -0.2) is 22.8 Å². The molecule has 1 aromatic rings. The molecule has 0 heterocycles. The van der Waals surface area contributed by atoms with Crippen molar-refractivity contribution >= 4 is 23.2 Å². The van der Waals surface area contributed by atoms with E-state index in [1.165, 1.54) is 12.1 Å². The summed E-state index contributed by atoms with van der Waals surface area (Å²) in [7, 11) is 0. The van der Waals surface area contributed by atoms with Gasteiger partial charge in [0.05, 0.1) is 10.6 Å². The minimum atomic E-state index is -0.745. The second-order valence-corrected chi connectivity index (χ2v) is 6.19. The number of nitrogens with zero attached hydrogens (tertiary/aromatic N) is 1. The smallest absolute Gasteiger partial charge is 0.271 e. The predicted molar refractivity (Wildman–Crippen MR) is 83.5 cm³/mol. The molecule has 0 aliphatic rings. The van der Waals surface area contributed by atoms with Crippen molar-refractivity contribution in [3.05, 3.63) is 33.9 Å². The molecular formula is C15H21N3O4. The fourth-order valence-electron chi connectivity index (χ4n) is 1.58. The Kier molecular flexibility index (Phi) is 5.24. The molecule has 7 heteroatoms. The highest BCUT2D eigenvalue weighted by Crippen LogP contribution is 2.22. The number of nitrogens with one attached hydrogen (secondary N) is 2. The van der Waals surface area contributed by atoms with Crippen molar-refractivity contribution in [3.63, 3.8) is 0 Å². The van der Waals surface area contributed by atoms with Gasteiger partial charge in [0.15, 0.2) is 0 Å². The highest BCUT2D eigenvalue weighted by molar-refractivity contribution is 5.98. The van der Waals surface area contributed by atoms with Gasteiger partial charge in [0.25, 0.3) is 5.69 Å². The first-order chi connectivity index (χ1) is 10.0. The van der Waals surface area contributed by atoms with Crippen molar-refractivity contribution in [3.8, 4) is 0 Å². The summed E-state index contributed by atoms with van der Waals surface area (Å²) in [6.07, 6.45) is 0. The summed E-state index contributed by atoms with van der Waals surface area (Å²) < 4.78 is 0. The number of non-ortho nitro benzene ring substituents is 1. The van der Waals surface area contributed by atoms with Crippen molar-refractivity contribution in [1.29, 1.82) is 0 Å². The van der Waals surface area contributed by atoms with Gasteiger partial charge < -0.3 is 10.6 Å². The number of hydrogen-bond acceptors (Lipinski definition) is 4. The Hall–Kier alpha value is -2.44. The van der Waals surface area contributed by atoms with Crippen LogP contribution in [0.25, 0.3) is 0 Å². The molecular weight excluding hydrogens is 286 g/mol. The molecule has 0 saturated heterocycles. The zero-order chi connectivity index (χ0) is 17.1. The molecule has 0 aromatic heterocycles. The minimum Gasteiger partial charge on any atom is -0.344 e. The monoisotopic (exact) mass is 307 g/mol. The van der Waals surface area contributed by atoms with E-state index in [4.69, 9.17) is 0 Å². The Morgan fingerprint density at radius 3 is 2.36 bits per heavy atom. The average Bonchev–Trinajstić information content (AvgIpc) is 2.39. The second kappa shape index (κ2) is 6.55. The summed E-state index contributed by atoms with van der Waals surface area (Å²) >= 11 is 0. The molecule has 0 fully saturated rings. The lowest BCUT2D eigenvalue weighted by atomic mass is 9.95. The predicted octanol–water partition coefficient (Wildman–Crippen LogP) is 2.39. The number of nitro benzene ring substituents is 1. The number of rotatable bonds is 4. The van der Waals surface area contributed by atoms with Gasteiger partial charge in [-0.05, 0) is 19.4 Å². The maximum atomic E-state index is 12.1. The van der Waals surface area contributed by atoms with Gasteiger partial charge in [0.2, 0.25) is 11.8 Å². The highest BCUT2D eigenvalue weighted by Gasteiger charge is 2.25. The van der Waals surface area contributed by atoms with Gasteiger partial charge in [-0.15, -0.1) is 0 Å². The quantitative estimate of drug-likeness (QED) is 0.658. The van der Waals surface area contributed by atoms with Gasteiger partial charge in [-0.2, -0.15) is 0 Å². The zero-order valence-corrected chi connectivity index (χ0v) is 13.4. The number of hydrogen-bond donors (Lipinski definition) is 2. The molecule has 0 aliphatic carbocycles. The summed E-state index contributed by atoms with van der Waals surface area (Å²) in [5.41, 5.74) is 0.354. The number of nitro groups is 1. The van der Waals surface area contributed by atoms with E-state index in [2.05, 4.69) is 10.6 Å². The van der Waals surface area contributed by atoms with E-state index in [1.807, 2.05) is 0 Å². The maximum absolute atomic E-state index is 12.1.